The zero-order valence-corrected chi connectivity index (χ0v) is 13.4. The molecule has 22 heavy (non-hydrogen) atoms. The Morgan fingerprint density at radius 2 is 2.23 bits per heavy atom. The van der Waals surface area contributed by atoms with Crippen LogP contribution in [0.1, 0.15) is 6.92 Å². The molecule has 0 bridgehead atoms. The highest BCUT2D eigenvalue weighted by molar-refractivity contribution is 7.99. The van der Waals surface area contributed by atoms with E-state index in [1.54, 1.807) is 33.9 Å². The predicted octanol–water partition coefficient (Wildman–Crippen LogP) is 4.22. The molecule has 5 nitrogen and oxygen atoms in total. The predicted molar refractivity (Wildman–Crippen MR) is 88.2 cm³/mol. The van der Waals surface area contributed by atoms with Gasteiger partial charge in [0.2, 0.25) is 0 Å². The van der Waals surface area contributed by atoms with Gasteiger partial charge >= 0.3 is 0 Å². The Morgan fingerprint density at radius 1 is 1.27 bits per heavy atom. The lowest BCUT2D eigenvalue weighted by Gasteiger charge is -2.04. The van der Waals surface area contributed by atoms with E-state index in [0.29, 0.717) is 0 Å². The molecule has 0 atom stereocenters. The van der Waals surface area contributed by atoms with Gasteiger partial charge < -0.3 is 4.42 Å². The molecular weight excluding hydrogens is 316 g/mol. The summed E-state index contributed by atoms with van der Waals surface area (Å²) in [4.78, 5) is 10.3. The fraction of sp³-hybridized carbons (Fsp3) is 0.133. The third-order valence-corrected chi connectivity index (χ3v) is 4.69. The maximum absolute atomic E-state index is 5.43. The van der Waals surface area contributed by atoms with Gasteiger partial charge in [0.15, 0.2) is 22.4 Å². The van der Waals surface area contributed by atoms with Crippen LogP contribution in [0, 0.1) is 0 Å². The Bertz CT molecular complexity index is 897. The number of nitrogens with zero attached hydrogens (tertiary/aromatic N) is 4. The second kappa shape index (κ2) is 5.58. The van der Waals surface area contributed by atoms with Crippen molar-refractivity contribution in [3.05, 3.63) is 42.0 Å². The molecule has 7 heteroatoms. The Balaban J connectivity index is 1.95. The van der Waals surface area contributed by atoms with Crippen LogP contribution in [-0.4, -0.2) is 25.3 Å². The van der Waals surface area contributed by atoms with Crippen molar-refractivity contribution in [2.45, 2.75) is 12.1 Å². The Kier molecular flexibility index (Phi) is 3.44. The summed E-state index contributed by atoms with van der Waals surface area (Å²) in [5, 5.41) is 7.41. The molecule has 0 fully saturated rings. The summed E-state index contributed by atoms with van der Waals surface area (Å²) in [5.74, 6) is 2.47. The van der Waals surface area contributed by atoms with Crippen LogP contribution in [0.15, 0.2) is 51.5 Å². The summed E-state index contributed by atoms with van der Waals surface area (Å²) in [6, 6.07) is 9.72. The van der Waals surface area contributed by atoms with Crippen LogP contribution >= 0.6 is 23.1 Å². The molecule has 4 heterocycles. The third-order valence-electron chi connectivity index (χ3n) is 3.09. The van der Waals surface area contributed by atoms with Gasteiger partial charge in [-0.2, -0.15) is 9.61 Å². The molecule has 0 saturated heterocycles. The zero-order valence-electron chi connectivity index (χ0n) is 11.8. The summed E-state index contributed by atoms with van der Waals surface area (Å²) in [7, 11) is 0. The van der Waals surface area contributed by atoms with Gasteiger partial charge in [0.05, 0.1) is 11.1 Å². The summed E-state index contributed by atoms with van der Waals surface area (Å²) in [5.41, 5.74) is 1.54. The first-order chi connectivity index (χ1) is 10.8. The van der Waals surface area contributed by atoms with Crippen LogP contribution in [0.3, 0.4) is 0 Å². The summed E-state index contributed by atoms with van der Waals surface area (Å²) in [6.45, 7) is 2.09. The minimum Gasteiger partial charge on any atom is -0.463 e. The number of aromatic nitrogens is 4. The van der Waals surface area contributed by atoms with Crippen LogP contribution < -0.4 is 0 Å². The molecule has 0 amide bonds. The van der Waals surface area contributed by atoms with Crippen molar-refractivity contribution < 1.29 is 4.42 Å². The normalized spacial score (nSPS) is 11.3. The van der Waals surface area contributed by atoms with Gasteiger partial charge in [-0.05, 0) is 29.3 Å². The molecule has 0 N–H and O–H groups in total. The van der Waals surface area contributed by atoms with Crippen LogP contribution in [0.25, 0.3) is 27.8 Å². The molecule has 4 rings (SSSR count). The van der Waals surface area contributed by atoms with Crippen molar-refractivity contribution in [2.24, 2.45) is 0 Å². The first-order valence-corrected chi connectivity index (χ1v) is 8.70. The van der Waals surface area contributed by atoms with E-state index in [4.69, 9.17) is 4.42 Å². The third kappa shape index (κ3) is 2.32. The molecule has 0 aromatic carbocycles. The Morgan fingerprint density at radius 3 is 2.95 bits per heavy atom. The quantitative estimate of drug-likeness (QED) is 0.525. The maximum Gasteiger partial charge on any atom is 0.191 e. The van der Waals surface area contributed by atoms with Gasteiger partial charge in [-0.1, -0.05) is 24.8 Å². The topological polar surface area (TPSA) is 56.2 Å². The smallest absolute Gasteiger partial charge is 0.191 e. The van der Waals surface area contributed by atoms with Crippen molar-refractivity contribution in [2.75, 3.05) is 5.75 Å². The Hall–Kier alpha value is -2.12. The molecule has 0 unspecified atom stereocenters. The number of hydrogen-bond acceptors (Lipinski definition) is 6. The number of thioether (sulfide) groups is 1. The highest BCUT2D eigenvalue weighted by Crippen LogP contribution is 2.28. The molecule has 0 aliphatic carbocycles. The minimum absolute atomic E-state index is 0.729. The lowest BCUT2D eigenvalue weighted by Crippen LogP contribution is -2.01. The Labute approximate surface area is 135 Å². The van der Waals surface area contributed by atoms with Crippen LogP contribution in [-0.2, 0) is 0 Å². The van der Waals surface area contributed by atoms with E-state index in [1.807, 2.05) is 35.7 Å². The maximum atomic E-state index is 5.43. The number of rotatable bonds is 4. The number of furan rings is 1. The monoisotopic (exact) mass is 328 g/mol. The average molecular weight is 328 g/mol. The van der Waals surface area contributed by atoms with E-state index in [0.717, 1.165) is 38.7 Å². The average Bonchev–Trinajstić information content (AvgIpc) is 3.26. The number of thiophene rings is 1. The highest BCUT2D eigenvalue weighted by atomic mass is 32.2. The van der Waals surface area contributed by atoms with E-state index in [1.165, 1.54) is 0 Å². The second-order valence-electron chi connectivity index (χ2n) is 4.52. The standard InChI is InChI=1S/C15H12N4OS2/c1-2-21-15-16-13-9-10(11-5-3-7-20-11)18-19(13)14(17-15)12-6-4-8-22-12/h3-9H,2H2,1H3. The van der Waals surface area contributed by atoms with Crippen molar-refractivity contribution in [3.8, 4) is 22.2 Å². The van der Waals surface area contributed by atoms with Gasteiger partial charge in [0.25, 0.3) is 0 Å². The molecule has 4 aromatic rings. The van der Waals surface area contributed by atoms with E-state index < -0.39 is 0 Å². The van der Waals surface area contributed by atoms with Crippen LogP contribution in [0.2, 0.25) is 0 Å². The minimum atomic E-state index is 0.729. The highest BCUT2D eigenvalue weighted by Gasteiger charge is 2.15. The molecule has 110 valence electrons. The molecule has 4 aromatic heterocycles. The lowest BCUT2D eigenvalue weighted by molar-refractivity contribution is 0.579. The van der Waals surface area contributed by atoms with E-state index in [2.05, 4.69) is 22.0 Å². The fourth-order valence-corrected chi connectivity index (χ4v) is 3.44. The van der Waals surface area contributed by atoms with Crippen molar-refractivity contribution in [1.29, 1.82) is 0 Å². The van der Waals surface area contributed by atoms with Crippen molar-refractivity contribution in [3.63, 3.8) is 0 Å². The van der Waals surface area contributed by atoms with Gasteiger partial charge in [-0.15, -0.1) is 11.3 Å². The summed E-state index contributed by atoms with van der Waals surface area (Å²) < 4.78 is 7.21. The zero-order chi connectivity index (χ0) is 14.9. The first-order valence-electron chi connectivity index (χ1n) is 6.83. The fourth-order valence-electron chi connectivity index (χ4n) is 2.17. The van der Waals surface area contributed by atoms with E-state index >= 15 is 0 Å². The van der Waals surface area contributed by atoms with Gasteiger partial charge in [-0.25, -0.2) is 9.97 Å². The molecule has 0 spiro atoms. The molecular formula is C15H12N4OS2. The summed E-state index contributed by atoms with van der Waals surface area (Å²) >= 11 is 3.27. The number of hydrogen-bond donors (Lipinski definition) is 0. The first kappa shape index (κ1) is 13.5. The largest absolute Gasteiger partial charge is 0.463 e. The van der Waals surface area contributed by atoms with Crippen molar-refractivity contribution in [1.82, 2.24) is 19.6 Å². The molecule has 0 aliphatic heterocycles. The second-order valence-corrected chi connectivity index (χ2v) is 6.70. The molecule has 0 saturated carbocycles. The van der Waals surface area contributed by atoms with Gasteiger partial charge in [0, 0.05) is 6.07 Å². The SMILES string of the molecule is CCSc1nc(-c2cccs2)n2nc(-c3ccco3)cc2n1. The number of fused-ring (bicyclic) bond motifs is 1. The van der Waals surface area contributed by atoms with Crippen molar-refractivity contribution >= 4 is 28.7 Å². The summed E-state index contributed by atoms with van der Waals surface area (Å²) in [6.07, 6.45) is 1.64. The van der Waals surface area contributed by atoms with Gasteiger partial charge in [0.1, 0.15) is 5.69 Å². The molecule has 0 radical (unpaired) electrons. The van der Waals surface area contributed by atoms with Gasteiger partial charge in [-0.3, -0.25) is 0 Å². The van der Waals surface area contributed by atoms with E-state index in [9.17, 15) is 0 Å². The van der Waals surface area contributed by atoms with Crippen LogP contribution in [0.5, 0.6) is 0 Å². The molecule has 0 aliphatic rings. The van der Waals surface area contributed by atoms with E-state index in [-0.39, 0.29) is 0 Å². The lowest BCUT2D eigenvalue weighted by atomic mass is 10.3. The van der Waals surface area contributed by atoms with Crippen LogP contribution in [0.4, 0.5) is 0 Å².